The number of hydrogen-bond donors (Lipinski definition) is 1. The zero-order valence-corrected chi connectivity index (χ0v) is 8.81. The Morgan fingerprint density at radius 1 is 1.60 bits per heavy atom. The number of tetrazole rings is 1. The average molecular weight is 209 g/mol. The first-order chi connectivity index (χ1) is 7.26. The van der Waals surface area contributed by atoms with Crippen LogP contribution in [0.4, 0.5) is 5.95 Å². The van der Waals surface area contributed by atoms with E-state index in [4.69, 9.17) is 0 Å². The van der Waals surface area contributed by atoms with E-state index in [-0.39, 0.29) is 11.9 Å². The minimum atomic E-state index is -0.0768. The molecular weight excluding hydrogens is 194 g/mol. The van der Waals surface area contributed by atoms with Crippen LogP contribution in [0.15, 0.2) is 6.58 Å². The molecule has 6 nitrogen and oxygen atoms in total. The molecule has 0 bridgehead atoms. The first-order valence-corrected chi connectivity index (χ1v) is 4.98. The van der Waals surface area contributed by atoms with Crippen molar-refractivity contribution in [2.75, 3.05) is 5.32 Å². The van der Waals surface area contributed by atoms with Gasteiger partial charge in [-0.15, -0.1) is 9.90 Å². The largest absolute Gasteiger partial charge is 0.292 e. The van der Waals surface area contributed by atoms with E-state index in [9.17, 15) is 4.79 Å². The Hall–Kier alpha value is -1.72. The molecule has 1 rings (SSSR count). The summed E-state index contributed by atoms with van der Waals surface area (Å²) in [5.41, 5.74) is 0. The number of nitrogens with one attached hydrogen (secondary N) is 1. The van der Waals surface area contributed by atoms with Gasteiger partial charge >= 0.3 is 0 Å². The van der Waals surface area contributed by atoms with Crippen molar-refractivity contribution in [2.24, 2.45) is 0 Å². The molecule has 0 aromatic carbocycles. The smallest absolute Gasteiger partial charge is 0.270 e. The molecule has 0 fully saturated rings. The summed E-state index contributed by atoms with van der Waals surface area (Å²) in [7, 11) is 0. The van der Waals surface area contributed by atoms with Gasteiger partial charge < -0.3 is 0 Å². The molecule has 1 heterocycles. The lowest BCUT2D eigenvalue weighted by Crippen LogP contribution is -2.12. The van der Waals surface area contributed by atoms with Gasteiger partial charge in [0.15, 0.2) is 0 Å². The Labute approximate surface area is 88.4 Å². The SMILES string of the molecule is C=Cn1nnc(NC(=O)CCCCC)n1. The van der Waals surface area contributed by atoms with Crippen molar-refractivity contribution in [3.63, 3.8) is 0 Å². The molecule has 1 amide bonds. The minimum Gasteiger partial charge on any atom is -0.292 e. The van der Waals surface area contributed by atoms with Gasteiger partial charge in [-0.1, -0.05) is 31.4 Å². The highest BCUT2D eigenvalue weighted by atomic mass is 16.1. The van der Waals surface area contributed by atoms with Gasteiger partial charge in [0.2, 0.25) is 5.91 Å². The Bertz CT molecular complexity index is 333. The zero-order chi connectivity index (χ0) is 11.1. The molecule has 0 atom stereocenters. The maximum atomic E-state index is 11.3. The van der Waals surface area contributed by atoms with E-state index in [1.165, 1.54) is 11.0 Å². The number of aromatic nitrogens is 4. The summed E-state index contributed by atoms with van der Waals surface area (Å²) in [4.78, 5) is 12.5. The van der Waals surface area contributed by atoms with Crippen LogP contribution in [0.25, 0.3) is 6.20 Å². The van der Waals surface area contributed by atoms with E-state index in [0.717, 1.165) is 19.3 Å². The lowest BCUT2D eigenvalue weighted by molar-refractivity contribution is -0.116. The van der Waals surface area contributed by atoms with E-state index in [1.54, 1.807) is 0 Å². The van der Waals surface area contributed by atoms with Gasteiger partial charge in [0, 0.05) is 12.6 Å². The molecule has 82 valence electrons. The summed E-state index contributed by atoms with van der Waals surface area (Å²) >= 11 is 0. The third-order valence-corrected chi connectivity index (χ3v) is 1.85. The van der Waals surface area contributed by atoms with Gasteiger partial charge in [-0.2, -0.15) is 0 Å². The summed E-state index contributed by atoms with van der Waals surface area (Å²) in [6.45, 7) is 5.56. The molecule has 0 aliphatic rings. The van der Waals surface area contributed by atoms with Crippen molar-refractivity contribution in [3.05, 3.63) is 6.58 Å². The van der Waals surface area contributed by atoms with Crippen molar-refractivity contribution in [1.82, 2.24) is 20.2 Å². The first kappa shape index (κ1) is 11.4. The first-order valence-electron chi connectivity index (χ1n) is 4.98. The van der Waals surface area contributed by atoms with Gasteiger partial charge in [0.25, 0.3) is 5.95 Å². The number of anilines is 1. The Morgan fingerprint density at radius 2 is 2.40 bits per heavy atom. The highest BCUT2D eigenvalue weighted by molar-refractivity contribution is 5.88. The number of carbonyl (C=O) groups is 1. The molecule has 0 radical (unpaired) electrons. The highest BCUT2D eigenvalue weighted by Gasteiger charge is 2.05. The fraction of sp³-hybridized carbons (Fsp3) is 0.556. The van der Waals surface area contributed by atoms with E-state index in [1.807, 2.05) is 0 Å². The van der Waals surface area contributed by atoms with Crippen LogP contribution < -0.4 is 5.32 Å². The zero-order valence-electron chi connectivity index (χ0n) is 8.81. The topological polar surface area (TPSA) is 72.7 Å². The fourth-order valence-electron chi connectivity index (χ4n) is 1.08. The van der Waals surface area contributed by atoms with Gasteiger partial charge in [-0.25, -0.2) is 0 Å². The molecule has 0 saturated carbocycles. The number of amides is 1. The van der Waals surface area contributed by atoms with Crippen molar-refractivity contribution >= 4 is 18.1 Å². The van der Waals surface area contributed by atoms with Gasteiger partial charge in [-0.05, 0) is 11.6 Å². The third-order valence-electron chi connectivity index (χ3n) is 1.85. The molecule has 0 aliphatic heterocycles. The number of carbonyl (C=O) groups excluding carboxylic acids is 1. The molecule has 0 aliphatic carbocycles. The number of unbranched alkanes of at least 4 members (excludes halogenated alkanes) is 2. The molecule has 0 unspecified atom stereocenters. The van der Waals surface area contributed by atoms with Crippen LogP contribution in [0.3, 0.4) is 0 Å². The summed E-state index contributed by atoms with van der Waals surface area (Å²) in [5, 5.41) is 13.7. The van der Waals surface area contributed by atoms with Gasteiger partial charge in [0.05, 0.1) is 0 Å². The van der Waals surface area contributed by atoms with Gasteiger partial charge in [-0.3, -0.25) is 10.1 Å². The van der Waals surface area contributed by atoms with Crippen LogP contribution in [0, 0.1) is 0 Å². The maximum absolute atomic E-state index is 11.3. The molecule has 1 N–H and O–H groups in total. The van der Waals surface area contributed by atoms with Crippen LogP contribution in [-0.2, 0) is 4.79 Å². The predicted molar refractivity (Wildman–Crippen MR) is 57.0 cm³/mol. The van der Waals surface area contributed by atoms with Crippen LogP contribution >= 0.6 is 0 Å². The molecule has 6 heteroatoms. The normalized spacial score (nSPS) is 9.93. The van der Waals surface area contributed by atoms with Crippen molar-refractivity contribution in [3.8, 4) is 0 Å². The van der Waals surface area contributed by atoms with Crippen molar-refractivity contribution < 1.29 is 4.79 Å². The molecule has 15 heavy (non-hydrogen) atoms. The highest BCUT2D eigenvalue weighted by Crippen LogP contribution is 2.01. The van der Waals surface area contributed by atoms with Crippen LogP contribution in [0.1, 0.15) is 32.6 Å². The molecule has 1 aromatic rings. The lowest BCUT2D eigenvalue weighted by atomic mass is 10.2. The monoisotopic (exact) mass is 209 g/mol. The minimum absolute atomic E-state index is 0.0768. The molecule has 0 spiro atoms. The number of hydrogen-bond acceptors (Lipinski definition) is 4. The Kier molecular flexibility index (Phi) is 4.46. The predicted octanol–water partition coefficient (Wildman–Crippen LogP) is 1.29. The summed E-state index contributed by atoms with van der Waals surface area (Å²) in [6, 6.07) is 0. The summed E-state index contributed by atoms with van der Waals surface area (Å²) in [6.07, 6.45) is 4.94. The average Bonchev–Trinajstić information content (AvgIpc) is 2.66. The Morgan fingerprint density at radius 3 is 3.00 bits per heavy atom. The second-order valence-corrected chi connectivity index (χ2v) is 3.12. The van der Waals surface area contributed by atoms with E-state index in [0.29, 0.717) is 6.42 Å². The van der Waals surface area contributed by atoms with Gasteiger partial charge in [0.1, 0.15) is 0 Å². The summed E-state index contributed by atoms with van der Waals surface area (Å²) < 4.78 is 0. The number of rotatable bonds is 6. The molecule has 1 aromatic heterocycles. The van der Waals surface area contributed by atoms with Crippen LogP contribution in [0.2, 0.25) is 0 Å². The van der Waals surface area contributed by atoms with Crippen LogP contribution in [-0.4, -0.2) is 26.1 Å². The quantitative estimate of drug-likeness (QED) is 0.716. The van der Waals surface area contributed by atoms with E-state index >= 15 is 0 Å². The van der Waals surface area contributed by atoms with Crippen molar-refractivity contribution in [2.45, 2.75) is 32.6 Å². The Balaban J connectivity index is 2.34. The molecular formula is C9H15N5O. The second-order valence-electron chi connectivity index (χ2n) is 3.12. The van der Waals surface area contributed by atoms with Crippen LogP contribution in [0.5, 0.6) is 0 Å². The second kappa shape index (κ2) is 5.90. The molecule has 0 saturated heterocycles. The van der Waals surface area contributed by atoms with Crippen molar-refractivity contribution in [1.29, 1.82) is 0 Å². The van der Waals surface area contributed by atoms with E-state index < -0.39 is 0 Å². The fourth-order valence-corrected chi connectivity index (χ4v) is 1.08. The lowest BCUT2D eigenvalue weighted by Gasteiger charge is -1.98. The third kappa shape index (κ3) is 3.88. The standard InChI is InChI=1S/C9H15N5O/c1-3-5-6-7-8(15)10-9-11-13-14(4-2)12-9/h4H,2-3,5-7H2,1H3,(H,10,12,15). The number of nitrogens with zero attached hydrogens (tertiary/aromatic N) is 4. The summed E-state index contributed by atoms with van der Waals surface area (Å²) in [5.74, 6) is 0.142. The maximum Gasteiger partial charge on any atom is 0.270 e. The van der Waals surface area contributed by atoms with E-state index in [2.05, 4.69) is 34.2 Å².